The molecule has 0 atom stereocenters. The van der Waals surface area contributed by atoms with E-state index in [0.29, 0.717) is 18.2 Å². The van der Waals surface area contributed by atoms with E-state index in [1.54, 1.807) is 18.4 Å². The van der Waals surface area contributed by atoms with E-state index in [0.717, 1.165) is 16.9 Å². The highest BCUT2D eigenvalue weighted by molar-refractivity contribution is 5.97. The number of benzene rings is 2. The van der Waals surface area contributed by atoms with Crippen molar-refractivity contribution >= 4 is 17.5 Å². The molecule has 2 N–H and O–H groups in total. The molecule has 144 valence electrons. The van der Waals surface area contributed by atoms with Gasteiger partial charge in [0, 0.05) is 0 Å². The van der Waals surface area contributed by atoms with Gasteiger partial charge in [0.2, 0.25) is 5.91 Å². The van der Waals surface area contributed by atoms with E-state index in [-0.39, 0.29) is 5.91 Å². The van der Waals surface area contributed by atoms with Crippen molar-refractivity contribution in [2.24, 2.45) is 0 Å². The molecule has 1 amide bonds. The Morgan fingerprint density at radius 3 is 1.97 bits per heavy atom. The molecular weight excluding hydrogens is 364 g/mol. The van der Waals surface area contributed by atoms with Crippen LogP contribution in [0.2, 0.25) is 0 Å². The molecule has 0 unspecified atom stereocenters. The van der Waals surface area contributed by atoms with Gasteiger partial charge < -0.3 is 15.1 Å². The topological polar surface area (TPSA) is 80.0 Å². The summed E-state index contributed by atoms with van der Waals surface area (Å²) in [6, 6.07) is 26.6. The van der Waals surface area contributed by atoms with Gasteiger partial charge in [-0.3, -0.25) is 4.79 Å². The van der Waals surface area contributed by atoms with Crippen LogP contribution in [0.3, 0.4) is 0 Å². The molecule has 2 aromatic carbocycles. The molecule has 2 aromatic heterocycles. The summed E-state index contributed by atoms with van der Waals surface area (Å²) in [4.78, 5) is 13.1. The molecule has 0 fully saturated rings. The van der Waals surface area contributed by atoms with Crippen molar-refractivity contribution in [1.29, 1.82) is 0 Å². The highest BCUT2D eigenvalue weighted by Gasteiger charge is 2.23. The molecule has 0 bridgehead atoms. The van der Waals surface area contributed by atoms with Crippen molar-refractivity contribution in [3.05, 3.63) is 108 Å². The van der Waals surface area contributed by atoms with E-state index in [2.05, 4.69) is 20.8 Å². The van der Waals surface area contributed by atoms with Crippen molar-refractivity contribution in [3.63, 3.8) is 0 Å². The van der Waals surface area contributed by atoms with Crippen LogP contribution in [0.1, 0.15) is 22.8 Å². The zero-order chi connectivity index (χ0) is 19.9. The third-order valence-corrected chi connectivity index (χ3v) is 4.47. The van der Waals surface area contributed by atoms with Gasteiger partial charge in [0.15, 0.2) is 5.82 Å². The molecule has 6 heteroatoms. The van der Waals surface area contributed by atoms with Gasteiger partial charge in [0.1, 0.15) is 11.6 Å². The van der Waals surface area contributed by atoms with Crippen molar-refractivity contribution in [2.45, 2.75) is 12.5 Å². The second-order valence-electron chi connectivity index (χ2n) is 6.48. The highest BCUT2D eigenvalue weighted by atomic mass is 16.3. The fourth-order valence-corrected chi connectivity index (χ4v) is 3.07. The van der Waals surface area contributed by atoms with Crippen molar-refractivity contribution in [3.8, 4) is 0 Å². The second kappa shape index (κ2) is 8.84. The molecule has 0 aliphatic heterocycles. The summed E-state index contributed by atoms with van der Waals surface area (Å²) in [6.45, 7) is 0.511. The van der Waals surface area contributed by atoms with Crippen LogP contribution in [0, 0.1) is 0 Å². The summed E-state index contributed by atoms with van der Waals surface area (Å²) < 4.78 is 5.27. The van der Waals surface area contributed by atoms with E-state index in [1.165, 1.54) is 0 Å². The van der Waals surface area contributed by atoms with Crippen LogP contribution in [0.5, 0.6) is 0 Å². The van der Waals surface area contributed by atoms with Crippen LogP contribution in [0.4, 0.5) is 11.6 Å². The van der Waals surface area contributed by atoms with Crippen LogP contribution < -0.4 is 10.6 Å². The lowest BCUT2D eigenvalue weighted by atomic mass is 9.90. The van der Waals surface area contributed by atoms with Crippen molar-refractivity contribution < 1.29 is 9.21 Å². The first-order chi connectivity index (χ1) is 14.3. The van der Waals surface area contributed by atoms with Gasteiger partial charge in [-0.15, -0.1) is 10.2 Å². The average molecular weight is 384 g/mol. The number of carbonyl (C=O) groups is 1. The number of aromatic nitrogens is 2. The van der Waals surface area contributed by atoms with Gasteiger partial charge >= 0.3 is 0 Å². The largest absolute Gasteiger partial charge is 0.467 e. The number of amides is 1. The van der Waals surface area contributed by atoms with Gasteiger partial charge in [-0.25, -0.2) is 0 Å². The minimum absolute atomic E-state index is 0.159. The Morgan fingerprint density at radius 2 is 1.41 bits per heavy atom. The minimum atomic E-state index is -0.434. The first-order valence-corrected chi connectivity index (χ1v) is 9.30. The molecule has 29 heavy (non-hydrogen) atoms. The summed E-state index contributed by atoms with van der Waals surface area (Å²) in [5, 5.41) is 14.2. The number of nitrogens with one attached hydrogen (secondary N) is 2. The molecule has 0 spiro atoms. The lowest BCUT2D eigenvalue weighted by Crippen LogP contribution is -2.23. The van der Waals surface area contributed by atoms with Crippen LogP contribution in [-0.2, 0) is 11.3 Å². The van der Waals surface area contributed by atoms with Gasteiger partial charge in [0.05, 0.1) is 18.7 Å². The summed E-state index contributed by atoms with van der Waals surface area (Å²) in [6.07, 6.45) is 1.62. The van der Waals surface area contributed by atoms with Gasteiger partial charge in [-0.05, 0) is 35.4 Å². The average Bonchev–Trinajstić information content (AvgIpc) is 3.29. The SMILES string of the molecule is O=C(Nc1ccc(NCc2ccco2)nn1)C(c1ccccc1)c1ccccc1. The van der Waals surface area contributed by atoms with E-state index < -0.39 is 5.92 Å². The molecule has 0 aliphatic carbocycles. The Balaban J connectivity index is 1.47. The van der Waals surface area contributed by atoms with Crippen LogP contribution >= 0.6 is 0 Å². The molecule has 0 saturated carbocycles. The van der Waals surface area contributed by atoms with Gasteiger partial charge in [0.25, 0.3) is 0 Å². The lowest BCUT2D eigenvalue weighted by Gasteiger charge is -2.17. The minimum Gasteiger partial charge on any atom is -0.467 e. The predicted octanol–water partition coefficient (Wildman–Crippen LogP) is 4.45. The second-order valence-corrected chi connectivity index (χ2v) is 6.48. The van der Waals surface area contributed by atoms with Crippen LogP contribution in [0.15, 0.2) is 95.6 Å². The monoisotopic (exact) mass is 384 g/mol. The summed E-state index contributed by atoms with van der Waals surface area (Å²) in [5.74, 6) is 1.21. The van der Waals surface area contributed by atoms with Crippen LogP contribution in [-0.4, -0.2) is 16.1 Å². The van der Waals surface area contributed by atoms with E-state index in [1.807, 2.05) is 72.8 Å². The number of anilines is 2. The maximum Gasteiger partial charge on any atom is 0.237 e. The van der Waals surface area contributed by atoms with E-state index >= 15 is 0 Å². The Bertz CT molecular complexity index is 994. The van der Waals surface area contributed by atoms with E-state index in [4.69, 9.17) is 4.42 Å². The van der Waals surface area contributed by atoms with Crippen molar-refractivity contribution in [1.82, 2.24) is 10.2 Å². The van der Waals surface area contributed by atoms with E-state index in [9.17, 15) is 4.79 Å². The zero-order valence-corrected chi connectivity index (χ0v) is 15.7. The summed E-state index contributed by atoms with van der Waals surface area (Å²) in [7, 11) is 0. The Labute approximate surface area is 168 Å². The summed E-state index contributed by atoms with van der Waals surface area (Å²) >= 11 is 0. The van der Waals surface area contributed by atoms with Crippen molar-refractivity contribution in [2.75, 3.05) is 10.6 Å². The number of hydrogen-bond donors (Lipinski definition) is 2. The molecule has 0 aliphatic rings. The van der Waals surface area contributed by atoms with Crippen LogP contribution in [0.25, 0.3) is 0 Å². The zero-order valence-electron chi connectivity index (χ0n) is 15.7. The fraction of sp³-hybridized carbons (Fsp3) is 0.0870. The third kappa shape index (κ3) is 4.68. The van der Waals surface area contributed by atoms with Gasteiger partial charge in [-0.2, -0.15) is 0 Å². The molecule has 4 aromatic rings. The standard InChI is InChI=1S/C23H20N4O2/c28-23(22(17-8-3-1-4-9-17)18-10-5-2-6-11-18)25-21-14-13-20(26-27-21)24-16-19-12-7-15-29-19/h1-15,22H,16H2,(H,24,26)(H,25,27,28). The molecule has 4 rings (SSSR count). The lowest BCUT2D eigenvalue weighted by molar-refractivity contribution is -0.116. The third-order valence-electron chi connectivity index (χ3n) is 4.47. The molecular formula is C23H20N4O2. The Kier molecular flexibility index (Phi) is 5.62. The first-order valence-electron chi connectivity index (χ1n) is 9.30. The smallest absolute Gasteiger partial charge is 0.237 e. The normalized spacial score (nSPS) is 10.7. The highest BCUT2D eigenvalue weighted by Crippen LogP contribution is 2.26. The van der Waals surface area contributed by atoms with Gasteiger partial charge in [-0.1, -0.05) is 60.7 Å². The number of furan rings is 1. The number of hydrogen-bond acceptors (Lipinski definition) is 5. The maximum atomic E-state index is 13.1. The summed E-state index contributed by atoms with van der Waals surface area (Å²) in [5.41, 5.74) is 1.83. The number of rotatable bonds is 7. The number of carbonyl (C=O) groups excluding carboxylic acids is 1. The molecule has 2 heterocycles. The maximum absolute atomic E-state index is 13.1. The quantitative estimate of drug-likeness (QED) is 0.492. The Hall–Kier alpha value is -3.93. The number of nitrogens with zero attached hydrogens (tertiary/aromatic N) is 2. The molecule has 0 radical (unpaired) electrons. The Morgan fingerprint density at radius 1 is 0.793 bits per heavy atom. The fourth-order valence-electron chi connectivity index (χ4n) is 3.07. The first kappa shape index (κ1) is 18.4. The molecule has 6 nitrogen and oxygen atoms in total. The molecule has 0 saturated heterocycles. The predicted molar refractivity (Wildman–Crippen MR) is 111 cm³/mol.